The molecule has 1 atom stereocenters. The predicted octanol–water partition coefficient (Wildman–Crippen LogP) is -0.334. The van der Waals surface area contributed by atoms with E-state index in [0.29, 0.717) is 11.5 Å². The molecule has 1 fully saturated rings. The van der Waals surface area contributed by atoms with Gasteiger partial charge in [-0.25, -0.2) is 14.8 Å². The van der Waals surface area contributed by atoms with Gasteiger partial charge in [0.25, 0.3) is 5.91 Å². The van der Waals surface area contributed by atoms with Crippen LogP contribution in [0.4, 0.5) is 4.79 Å². The second kappa shape index (κ2) is 3.06. The van der Waals surface area contributed by atoms with Crippen molar-refractivity contribution in [2.75, 3.05) is 0 Å². The molecule has 2 rings (SSSR count). The lowest BCUT2D eigenvalue weighted by Crippen LogP contribution is -2.22. The van der Waals surface area contributed by atoms with Gasteiger partial charge in [-0.05, 0) is 13.0 Å². The van der Waals surface area contributed by atoms with Gasteiger partial charge >= 0.3 is 6.03 Å². The van der Waals surface area contributed by atoms with Crippen molar-refractivity contribution < 1.29 is 9.59 Å². The second-order valence-corrected chi connectivity index (χ2v) is 2.92. The number of carbonyl (C=O) groups is 2. The normalized spacial score (nSPS) is 20.5. The number of hydrogen-bond donors (Lipinski definition) is 2. The SMILES string of the molecule is Cc1nccc(C2NC(=O)NC2=O)n1. The summed E-state index contributed by atoms with van der Waals surface area (Å²) in [7, 11) is 0. The molecule has 0 aliphatic carbocycles. The highest BCUT2D eigenvalue weighted by molar-refractivity contribution is 6.04. The molecule has 1 unspecified atom stereocenters. The van der Waals surface area contributed by atoms with Gasteiger partial charge < -0.3 is 5.32 Å². The van der Waals surface area contributed by atoms with Crippen molar-refractivity contribution >= 4 is 11.9 Å². The highest BCUT2D eigenvalue weighted by atomic mass is 16.2. The summed E-state index contributed by atoms with van der Waals surface area (Å²) in [5.41, 5.74) is 0.501. The highest BCUT2D eigenvalue weighted by Gasteiger charge is 2.31. The van der Waals surface area contributed by atoms with Crippen molar-refractivity contribution in [2.45, 2.75) is 13.0 Å². The minimum absolute atomic E-state index is 0.381. The van der Waals surface area contributed by atoms with Crippen LogP contribution in [0.2, 0.25) is 0 Å². The van der Waals surface area contributed by atoms with E-state index in [1.807, 2.05) is 0 Å². The Hall–Kier alpha value is -1.98. The zero-order valence-electron chi connectivity index (χ0n) is 7.44. The molecule has 6 nitrogen and oxygen atoms in total. The zero-order chi connectivity index (χ0) is 10.1. The predicted molar refractivity (Wildman–Crippen MR) is 46.2 cm³/mol. The van der Waals surface area contributed by atoms with Gasteiger partial charge in [0.15, 0.2) is 6.04 Å². The van der Waals surface area contributed by atoms with E-state index in [4.69, 9.17) is 0 Å². The molecule has 0 radical (unpaired) electrons. The van der Waals surface area contributed by atoms with Crippen molar-refractivity contribution in [1.82, 2.24) is 20.6 Å². The summed E-state index contributed by atoms with van der Waals surface area (Å²) < 4.78 is 0. The number of rotatable bonds is 1. The molecule has 0 saturated carbocycles. The lowest BCUT2D eigenvalue weighted by Gasteiger charge is -2.05. The van der Waals surface area contributed by atoms with Gasteiger partial charge in [-0.3, -0.25) is 10.1 Å². The topological polar surface area (TPSA) is 84.0 Å². The number of nitrogens with one attached hydrogen (secondary N) is 2. The Balaban J connectivity index is 2.31. The van der Waals surface area contributed by atoms with Crippen LogP contribution in [0.1, 0.15) is 17.6 Å². The van der Waals surface area contributed by atoms with E-state index in [1.165, 1.54) is 0 Å². The minimum Gasteiger partial charge on any atom is -0.321 e. The van der Waals surface area contributed by atoms with Gasteiger partial charge in [-0.2, -0.15) is 0 Å². The molecule has 72 valence electrons. The first-order valence-electron chi connectivity index (χ1n) is 4.08. The molecule has 1 aromatic rings. The molecule has 0 spiro atoms. The number of nitrogens with zero attached hydrogens (tertiary/aromatic N) is 2. The van der Waals surface area contributed by atoms with Gasteiger partial charge in [-0.1, -0.05) is 0 Å². The van der Waals surface area contributed by atoms with Crippen LogP contribution in [0, 0.1) is 6.92 Å². The average molecular weight is 192 g/mol. The fourth-order valence-electron chi connectivity index (χ4n) is 1.26. The third-order valence-corrected chi connectivity index (χ3v) is 1.87. The maximum atomic E-state index is 11.2. The summed E-state index contributed by atoms with van der Waals surface area (Å²) >= 11 is 0. The summed E-state index contributed by atoms with van der Waals surface area (Å²) in [6.45, 7) is 1.72. The summed E-state index contributed by atoms with van der Waals surface area (Å²) in [6.07, 6.45) is 1.55. The average Bonchev–Trinajstić information content (AvgIpc) is 2.45. The van der Waals surface area contributed by atoms with Crippen molar-refractivity contribution in [3.05, 3.63) is 23.8 Å². The number of carbonyl (C=O) groups excluding carboxylic acids is 2. The molecule has 0 aromatic carbocycles. The van der Waals surface area contributed by atoms with E-state index >= 15 is 0 Å². The van der Waals surface area contributed by atoms with Crippen molar-refractivity contribution in [1.29, 1.82) is 0 Å². The third-order valence-electron chi connectivity index (χ3n) is 1.87. The minimum atomic E-state index is -0.691. The monoisotopic (exact) mass is 192 g/mol. The maximum Gasteiger partial charge on any atom is 0.322 e. The lowest BCUT2D eigenvalue weighted by atomic mass is 10.2. The Morgan fingerprint density at radius 1 is 1.43 bits per heavy atom. The third kappa shape index (κ3) is 1.41. The Morgan fingerprint density at radius 2 is 2.21 bits per heavy atom. The van der Waals surface area contributed by atoms with Gasteiger partial charge in [0.2, 0.25) is 0 Å². The van der Waals surface area contributed by atoms with Gasteiger partial charge in [-0.15, -0.1) is 0 Å². The van der Waals surface area contributed by atoms with Crippen LogP contribution in [0.15, 0.2) is 12.3 Å². The Labute approximate surface area is 79.7 Å². The fraction of sp³-hybridized carbons (Fsp3) is 0.250. The molecule has 1 saturated heterocycles. The number of imide groups is 1. The quantitative estimate of drug-likeness (QED) is 0.596. The Morgan fingerprint density at radius 3 is 2.79 bits per heavy atom. The molecule has 3 amide bonds. The highest BCUT2D eigenvalue weighted by Crippen LogP contribution is 2.13. The summed E-state index contributed by atoms with van der Waals surface area (Å²) in [6, 6.07) is 0.420. The molecule has 0 bridgehead atoms. The fourth-order valence-corrected chi connectivity index (χ4v) is 1.26. The van der Waals surface area contributed by atoms with Crippen LogP contribution in [0.5, 0.6) is 0 Å². The van der Waals surface area contributed by atoms with Gasteiger partial charge in [0, 0.05) is 6.20 Å². The molecule has 1 aliphatic heterocycles. The van der Waals surface area contributed by atoms with E-state index < -0.39 is 12.1 Å². The van der Waals surface area contributed by atoms with Crippen LogP contribution in [0.3, 0.4) is 0 Å². The van der Waals surface area contributed by atoms with Crippen LogP contribution in [-0.2, 0) is 4.79 Å². The van der Waals surface area contributed by atoms with E-state index in [9.17, 15) is 9.59 Å². The smallest absolute Gasteiger partial charge is 0.321 e. The van der Waals surface area contributed by atoms with Crippen LogP contribution >= 0.6 is 0 Å². The van der Waals surface area contributed by atoms with Crippen LogP contribution in [0.25, 0.3) is 0 Å². The first-order valence-corrected chi connectivity index (χ1v) is 4.08. The largest absolute Gasteiger partial charge is 0.322 e. The molecular formula is C8H8N4O2. The van der Waals surface area contributed by atoms with E-state index in [2.05, 4.69) is 20.6 Å². The zero-order valence-corrected chi connectivity index (χ0v) is 7.44. The van der Waals surface area contributed by atoms with Crippen LogP contribution < -0.4 is 10.6 Å². The van der Waals surface area contributed by atoms with Gasteiger partial charge in [0.1, 0.15) is 5.82 Å². The molecule has 2 heterocycles. The lowest BCUT2D eigenvalue weighted by molar-refractivity contribution is -0.120. The van der Waals surface area contributed by atoms with Crippen molar-refractivity contribution in [3.8, 4) is 0 Å². The van der Waals surface area contributed by atoms with Gasteiger partial charge in [0.05, 0.1) is 5.69 Å². The van der Waals surface area contributed by atoms with Crippen molar-refractivity contribution in [3.63, 3.8) is 0 Å². The number of aromatic nitrogens is 2. The number of aryl methyl sites for hydroxylation is 1. The van der Waals surface area contributed by atoms with Crippen LogP contribution in [-0.4, -0.2) is 21.9 Å². The number of amides is 3. The standard InChI is InChI=1S/C8H8N4O2/c1-4-9-3-2-5(10-4)6-7(13)12-8(14)11-6/h2-3,6H,1H3,(H2,11,12,13,14). The molecular weight excluding hydrogens is 184 g/mol. The molecule has 1 aliphatic rings. The molecule has 1 aromatic heterocycles. The van der Waals surface area contributed by atoms with E-state index in [-0.39, 0.29) is 5.91 Å². The molecule has 6 heteroatoms. The second-order valence-electron chi connectivity index (χ2n) is 2.92. The Bertz CT molecular complexity index is 404. The first kappa shape index (κ1) is 8.61. The first-order chi connectivity index (χ1) is 6.66. The van der Waals surface area contributed by atoms with E-state index in [0.717, 1.165) is 0 Å². The summed E-state index contributed by atoms with van der Waals surface area (Å²) in [5, 5.41) is 4.59. The summed E-state index contributed by atoms with van der Waals surface area (Å²) in [5.74, 6) is 0.185. The summed E-state index contributed by atoms with van der Waals surface area (Å²) in [4.78, 5) is 30.0. The van der Waals surface area contributed by atoms with E-state index in [1.54, 1.807) is 19.2 Å². The maximum absolute atomic E-state index is 11.2. The number of urea groups is 1. The van der Waals surface area contributed by atoms with Crippen molar-refractivity contribution in [2.24, 2.45) is 0 Å². The Kier molecular flexibility index (Phi) is 1.88. The molecule has 14 heavy (non-hydrogen) atoms. The number of hydrogen-bond acceptors (Lipinski definition) is 4. The molecule has 2 N–H and O–H groups in total.